The smallest absolute Gasteiger partial charge is 0.368 e. The van der Waals surface area contributed by atoms with Crippen LogP contribution in [0.2, 0.25) is 0 Å². The molecule has 1 aromatic carbocycles. The Morgan fingerprint density at radius 2 is 1.60 bits per heavy atom. The van der Waals surface area contributed by atoms with E-state index in [-0.39, 0.29) is 13.1 Å². The average Bonchev–Trinajstić information content (AvgIpc) is 2.46. The summed E-state index contributed by atoms with van der Waals surface area (Å²) in [5.41, 5.74) is 0.937. The molecule has 0 spiro atoms. The van der Waals surface area contributed by atoms with Crippen molar-refractivity contribution in [2.75, 3.05) is 31.1 Å². The van der Waals surface area contributed by atoms with Gasteiger partial charge in [0.05, 0.1) is 0 Å². The molecule has 1 aromatic rings. The van der Waals surface area contributed by atoms with Crippen molar-refractivity contribution in [3.05, 3.63) is 30.3 Å². The number of anilines is 1. The number of carbonyl (C=O) groups excluding carboxylic acids is 1. The molecule has 1 saturated heterocycles. The third-order valence-electron chi connectivity index (χ3n) is 3.22. The van der Waals surface area contributed by atoms with Gasteiger partial charge in [0.25, 0.3) is 12.1 Å². The van der Waals surface area contributed by atoms with Crippen LogP contribution in [0.1, 0.15) is 0 Å². The summed E-state index contributed by atoms with van der Waals surface area (Å²) in [4.78, 5) is 14.3. The molecule has 1 aliphatic rings. The van der Waals surface area contributed by atoms with Gasteiger partial charge in [0.2, 0.25) is 0 Å². The van der Waals surface area contributed by atoms with Crippen LogP contribution < -0.4 is 4.90 Å². The van der Waals surface area contributed by atoms with Gasteiger partial charge >= 0.3 is 6.18 Å². The fourth-order valence-corrected chi connectivity index (χ4v) is 2.12. The Balaban J connectivity index is 1.93. The van der Waals surface area contributed by atoms with Gasteiger partial charge in [-0.1, -0.05) is 18.2 Å². The van der Waals surface area contributed by atoms with Crippen LogP contribution in [0.3, 0.4) is 0 Å². The number of piperazine rings is 1. The Morgan fingerprint density at radius 1 is 1.05 bits per heavy atom. The molecule has 110 valence electrons. The minimum absolute atomic E-state index is 0.0875. The lowest BCUT2D eigenvalue weighted by Gasteiger charge is -2.36. The topological polar surface area (TPSA) is 23.6 Å². The summed E-state index contributed by atoms with van der Waals surface area (Å²) < 4.78 is 49.5. The summed E-state index contributed by atoms with van der Waals surface area (Å²) in [6, 6.07) is 9.33. The summed E-state index contributed by atoms with van der Waals surface area (Å²) in [5.74, 6) is -1.50. The Labute approximate surface area is 113 Å². The van der Waals surface area contributed by atoms with E-state index in [1.165, 1.54) is 0 Å². The summed E-state index contributed by atoms with van der Waals surface area (Å²) in [6.07, 6.45) is -8.56. The highest BCUT2D eigenvalue weighted by Gasteiger charge is 2.47. The number of alkyl halides is 4. The van der Waals surface area contributed by atoms with E-state index in [2.05, 4.69) is 0 Å². The molecule has 3 nitrogen and oxygen atoms in total. The minimum atomic E-state index is -5.13. The Kier molecular flexibility index (Phi) is 4.15. The highest BCUT2D eigenvalue weighted by molar-refractivity contribution is 5.82. The van der Waals surface area contributed by atoms with E-state index in [0.29, 0.717) is 13.1 Å². The monoisotopic (exact) mass is 290 g/mol. The minimum Gasteiger partial charge on any atom is -0.368 e. The molecule has 2 rings (SSSR count). The second kappa shape index (κ2) is 5.68. The SMILES string of the molecule is O=C([C@H](F)C(F)(F)F)N1CCN(c2ccccc2)CC1. The van der Waals surface area contributed by atoms with Crippen LogP contribution in [0, 0.1) is 0 Å². The van der Waals surface area contributed by atoms with Crippen LogP contribution in [0.25, 0.3) is 0 Å². The van der Waals surface area contributed by atoms with Gasteiger partial charge in [0.1, 0.15) is 0 Å². The van der Waals surface area contributed by atoms with Crippen molar-refractivity contribution < 1.29 is 22.4 Å². The predicted octanol–water partition coefficient (Wildman–Crippen LogP) is 2.24. The van der Waals surface area contributed by atoms with Crippen molar-refractivity contribution in [2.24, 2.45) is 0 Å². The quantitative estimate of drug-likeness (QED) is 0.780. The van der Waals surface area contributed by atoms with E-state index >= 15 is 0 Å². The molecular formula is C13H14F4N2O. The van der Waals surface area contributed by atoms with Crippen LogP contribution in [-0.4, -0.2) is 49.3 Å². The van der Waals surface area contributed by atoms with Gasteiger partial charge in [-0.05, 0) is 12.1 Å². The van der Waals surface area contributed by atoms with Gasteiger partial charge in [0.15, 0.2) is 0 Å². The summed E-state index contributed by atoms with van der Waals surface area (Å²) in [7, 11) is 0. The predicted molar refractivity (Wildman–Crippen MR) is 66.2 cm³/mol. The van der Waals surface area contributed by atoms with E-state index in [1.807, 2.05) is 35.2 Å². The molecule has 0 aliphatic carbocycles. The highest BCUT2D eigenvalue weighted by Crippen LogP contribution is 2.25. The van der Waals surface area contributed by atoms with Crippen molar-refractivity contribution in [2.45, 2.75) is 12.3 Å². The third-order valence-corrected chi connectivity index (χ3v) is 3.22. The van der Waals surface area contributed by atoms with Crippen LogP contribution in [0.5, 0.6) is 0 Å². The fourth-order valence-electron chi connectivity index (χ4n) is 2.12. The number of halogens is 4. The second-order valence-electron chi connectivity index (χ2n) is 4.55. The van der Waals surface area contributed by atoms with Crippen LogP contribution in [0.15, 0.2) is 30.3 Å². The first-order chi connectivity index (χ1) is 9.39. The lowest BCUT2D eigenvalue weighted by atomic mass is 10.2. The molecule has 0 unspecified atom stereocenters. The number of hydrogen-bond acceptors (Lipinski definition) is 2. The van der Waals surface area contributed by atoms with Crippen molar-refractivity contribution >= 4 is 11.6 Å². The maximum absolute atomic E-state index is 13.0. The van der Waals surface area contributed by atoms with Crippen molar-refractivity contribution in [3.63, 3.8) is 0 Å². The number of carbonyl (C=O) groups is 1. The summed E-state index contributed by atoms with van der Waals surface area (Å²) in [5, 5.41) is 0. The molecule has 1 aliphatic heterocycles. The van der Waals surface area contributed by atoms with Gasteiger partial charge in [-0.3, -0.25) is 4.79 Å². The van der Waals surface area contributed by atoms with E-state index in [0.717, 1.165) is 10.6 Å². The molecule has 0 radical (unpaired) electrons. The third kappa shape index (κ3) is 3.20. The first-order valence-electron chi connectivity index (χ1n) is 6.19. The molecule has 0 N–H and O–H groups in total. The number of amides is 1. The van der Waals surface area contributed by atoms with Crippen molar-refractivity contribution in [3.8, 4) is 0 Å². The fraction of sp³-hybridized carbons (Fsp3) is 0.462. The maximum Gasteiger partial charge on any atom is 0.428 e. The number of benzene rings is 1. The van der Waals surface area contributed by atoms with Gasteiger partial charge in [-0.15, -0.1) is 0 Å². The van der Waals surface area contributed by atoms with Crippen molar-refractivity contribution in [1.29, 1.82) is 0 Å². The van der Waals surface area contributed by atoms with E-state index in [9.17, 15) is 22.4 Å². The maximum atomic E-state index is 13.0. The van der Waals surface area contributed by atoms with Gasteiger partial charge in [-0.25, -0.2) is 4.39 Å². The Hall–Kier alpha value is -1.79. The molecule has 20 heavy (non-hydrogen) atoms. The lowest BCUT2D eigenvalue weighted by molar-refractivity contribution is -0.193. The van der Waals surface area contributed by atoms with Crippen LogP contribution >= 0.6 is 0 Å². The van der Waals surface area contributed by atoms with Gasteiger partial charge in [-0.2, -0.15) is 13.2 Å². The molecule has 1 amide bonds. The van der Waals surface area contributed by atoms with E-state index < -0.39 is 18.3 Å². The average molecular weight is 290 g/mol. The number of nitrogens with zero attached hydrogens (tertiary/aromatic N) is 2. The van der Waals surface area contributed by atoms with E-state index in [1.54, 1.807) is 0 Å². The first kappa shape index (κ1) is 14.6. The molecule has 1 heterocycles. The highest BCUT2D eigenvalue weighted by atomic mass is 19.4. The van der Waals surface area contributed by atoms with Crippen molar-refractivity contribution in [1.82, 2.24) is 4.90 Å². The van der Waals surface area contributed by atoms with Crippen LogP contribution in [-0.2, 0) is 4.79 Å². The zero-order chi connectivity index (χ0) is 14.8. The number of rotatable bonds is 2. The lowest BCUT2D eigenvalue weighted by Crippen LogP contribution is -2.53. The molecule has 0 saturated carbocycles. The summed E-state index contributed by atoms with van der Waals surface area (Å²) in [6.45, 7) is 0.953. The first-order valence-corrected chi connectivity index (χ1v) is 6.19. The zero-order valence-electron chi connectivity index (χ0n) is 10.6. The number of hydrogen-bond donors (Lipinski definition) is 0. The molecule has 0 aromatic heterocycles. The summed E-state index contributed by atoms with van der Waals surface area (Å²) >= 11 is 0. The van der Waals surface area contributed by atoms with Gasteiger partial charge in [0, 0.05) is 31.9 Å². The van der Waals surface area contributed by atoms with Crippen LogP contribution in [0.4, 0.5) is 23.2 Å². The van der Waals surface area contributed by atoms with E-state index in [4.69, 9.17) is 0 Å². The molecule has 0 bridgehead atoms. The molecule has 7 heteroatoms. The van der Waals surface area contributed by atoms with Gasteiger partial charge < -0.3 is 9.80 Å². The molecule has 1 atom stereocenters. The number of para-hydroxylation sites is 1. The normalized spacial score (nSPS) is 18.0. The Morgan fingerprint density at radius 3 is 2.10 bits per heavy atom. The molecular weight excluding hydrogens is 276 g/mol. The second-order valence-corrected chi connectivity index (χ2v) is 4.55. The largest absolute Gasteiger partial charge is 0.428 e. The zero-order valence-corrected chi connectivity index (χ0v) is 10.6. The molecule has 1 fully saturated rings. The Bertz CT molecular complexity index is 455. The standard InChI is InChI=1S/C13H14F4N2O/c14-11(13(15,16)17)12(20)19-8-6-18(7-9-19)10-4-2-1-3-5-10/h1-5,11H,6-9H2/t11-/m0/s1.